The number of halogens is 16. The fourth-order valence-electron chi connectivity index (χ4n) is 9.47. The quantitative estimate of drug-likeness (QED) is 0.0295. The van der Waals surface area contributed by atoms with Crippen molar-refractivity contribution < 1.29 is 101 Å². The molecular formula is C66H36F15IO9S7. The molecule has 11 rings (SSSR count). The van der Waals surface area contributed by atoms with Crippen molar-refractivity contribution in [2.45, 2.75) is 63.6 Å². The van der Waals surface area contributed by atoms with Crippen LogP contribution in [0.5, 0.6) is 0 Å². The van der Waals surface area contributed by atoms with E-state index in [0.717, 1.165) is 23.5 Å². The molecule has 0 heterocycles. The molecule has 0 aliphatic heterocycles. The zero-order valence-corrected chi connectivity index (χ0v) is 56.2. The Balaban J connectivity index is 0.918. The van der Waals surface area contributed by atoms with Crippen molar-refractivity contribution >= 4 is 94.7 Å². The van der Waals surface area contributed by atoms with Gasteiger partial charge in [-0.2, -0.15) is 16.8 Å². The van der Waals surface area contributed by atoms with E-state index in [2.05, 4.69) is 0 Å². The van der Waals surface area contributed by atoms with Gasteiger partial charge in [-0.1, -0.05) is 72.8 Å². The molecule has 0 fully saturated rings. The van der Waals surface area contributed by atoms with Crippen LogP contribution in [0.2, 0.25) is 0 Å². The third-order valence-electron chi connectivity index (χ3n) is 13.9. The summed E-state index contributed by atoms with van der Waals surface area (Å²) < 4.78 is 323. The van der Waals surface area contributed by atoms with Crippen LogP contribution in [0.15, 0.2) is 282 Å². The summed E-state index contributed by atoms with van der Waals surface area (Å²) in [5, 5.41) is 0. The van der Waals surface area contributed by atoms with Crippen molar-refractivity contribution in [1.29, 1.82) is 0 Å². The van der Waals surface area contributed by atoms with Crippen LogP contribution >= 0.6 is 64.4 Å². The van der Waals surface area contributed by atoms with Gasteiger partial charge < -0.3 is 0 Å². The Morgan fingerprint density at radius 3 is 0.663 bits per heavy atom. The summed E-state index contributed by atoms with van der Waals surface area (Å²) in [6.45, 7) is 0. The van der Waals surface area contributed by atoms with E-state index >= 15 is 26.3 Å². The van der Waals surface area contributed by atoms with Crippen LogP contribution in [0.25, 0.3) is 0 Å². The number of benzene rings is 11. The summed E-state index contributed by atoms with van der Waals surface area (Å²) in [5.41, 5.74) is 0. The molecule has 0 saturated heterocycles. The molecule has 32 heteroatoms. The van der Waals surface area contributed by atoms with Gasteiger partial charge in [0.2, 0.25) is 11.6 Å². The fourth-order valence-corrected chi connectivity index (χ4v) is 28.7. The van der Waals surface area contributed by atoms with Crippen molar-refractivity contribution in [1.82, 2.24) is 0 Å². The van der Waals surface area contributed by atoms with E-state index in [1.54, 1.807) is 24.3 Å². The van der Waals surface area contributed by atoms with Crippen molar-refractivity contribution in [3.63, 3.8) is 0 Å². The Bertz CT molecular complexity index is 4790. The molecule has 0 unspecified atom stereocenters. The van der Waals surface area contributed by atoms with Crippen LogP contribution in [0.1, 0.15) is 0 Å². The molecule has 9 nitrogen and oxygen atoms in total. The molecule has 0 aromatic heterocycles. The summed E-state index contributed by atoms with van der Waals surface area (Å²) >= 11 is -2.13. The van der Waals surface area contributed by atoms with Crippen LogP contribution in [-0.2, 0) is 40.1 Å². The average Bonchev–Trinajstić information content (AvgIpc) is 0.739. The molecule has 11 aromatic rings. The van der Waals surface area contributed by atoms with Gasteiger partial charge in [-0.25, -0.2) is 43.9 Å². The first-order valence-corrected chi connectivity index (χ1v) is 39.3. The second-order valence-corrected chi connectivity index (χ2v) is 37.4. The van der Waals surface area contributed by atoms with Crippen molar-refractivity contribution in [3.05, 3.63) is 313 Å². The Labute approximate surface area is 567 Å². The summed E-state index contributed by atoms with van der Waals surface area (Å²) in [7, 11) is -25.2. The molecule has 0 N–H and O–H groups in total. The predicted octanol–water partition coefficient (Wildman–Crippen LogP) is 20.1. The number of hydrogen-bond donors (Lipinski definition) is 0. The maximum absolute atomic E-state index is 15.3. The fraction of sp³-hybridized carbons (Fsp3) is 0. The third kappa shape index (κ3) is 13.5. The van der Waals surface area contributed by atoms with E-state index in [1.807, 2.05) is 0 Å². The minimum atomic E-state index is -5.91. The topological polar surface area (TPSA) is 130 Å². The van der Waals surface area contributed by atoms with Crippen LogP contribution in [0.3, 0.4) is 0 Å². The predicted molar refractivity (Wildman–Crippen MR) is 339 cm³/mol. The molecule has 98 heavy (non-hydrogen) atoms. The van der Waals surface area contributed by atoms with Crippen molar-refractivity contribution in [2.24, 2.45) is 0 Å². The molecule has 0 radical (unpaired) electrons. The van der Waals surface area contributed by atoms with Gasteiger partial charge in [-0.05, 0) is 0 Å². The standard InChI is InChI=1S/C66H36F15IO9S7/c67-49-52(70)58(76)64(59(77)53(49)71)96(83,84)89-82(37-21-25-39(26-22-37)92-41-29-33-47(34-30-41)94(43-13-5-1-6-14-43,44-15-7-2-8-16-44)90-97(85,86)65-60(78)54(72)50(68)55(73)61(65)79)38-23-27-40(28-24-38)93-42-31-35-48(36-32-42)95(45-17-9-3-10-18-45,46-19-11-4-12-20-46)91-98(87,88)66-62(80)56(74)51(69)57(75)63(66)81/h1-36H. The normalized spacial score (nSPS) is 12.8. The van der Waals surface area contributed by atoms with Gasteiger partial charge in [-0.3, -0.25) is 0 Å². The number of rotatable bonds is 21. The van der Waals surface area contributed by atoms with Crippen LogP contribution < -0.4 is 0 Å². The second kappa shape index (κ2) is 28.5. The van der Waals surface area contributed by atoms with Crippen LogP contribution in [-0.4, -0.2) is 25.3 Å². The molecule has 0 bridgehead atoms. The molecule has 0 aliphatic carbocycles. The van der Waals surface area contributed by atoms with Gasteiger partial charge in [0, 0.05) is 0 Å². The van der Waals surface area contributed by atoms with Crippen molar-refractivity contribution in [2.75, 3.05) is 0 Å². The number of hydrogen-bond acceptors (Lipinski definition) is 11. The molecule has 0 atom stereocenters. The molecule has 11 aromatic carbocycles. The monoisotopic (exact) mass is 1610 g/mol. The van der Waals surface area contributed by atoms with Gasteiger partial charge in [-0.15, -0.1) is 0 Å². The van der Waals surface area contributed by atoms with Crippen LogP contribution in [0.4, 0.5) is 65.9 Å². The minimum absolute atomic E-state index is 0.0296. The molecule has 0 saturated carbocycles. The Morgan fingerprint density at radius 2 is 0.429 bits per heavy atom. The van der Waals surface area contributed by atoms with Gasteiger partial charge in [0.25, 0.3) is 0 Å². The van der Waals surface area contributed by atoms with E-state index < -0.39 is 173 Å². The first-order valence-electron chi connectivity index (χ1n) is 27.3. The first kappa shape index (κ1) is 71.5. The molecule has 508 valence electrons. The van der Waals surface area contributed by atoms with E-state index in [9.17, 15) is 64.8 Å². The summed E-state index contributed by atoms with van der Waals surface area (Å²) in [4.78, 5) is -4.81. The van der Waals surface area contributed by atoms with E-state index in [0.29, 0.717) is 19.6 Å². The van der Waals surface area contributed by atoms with Gasteiger partial charge in [0.15, 0.2) is 56.3 Å². The summed E-state index contributed by atoms with van der Waals surface area (Å²) in [6, 6.07) is 52.0. The average molecular weight is 1610 g/mol. The molecule has 0 amide bonds. The molecule has 0 spiro atoms. The first-order chi connectivity index (χ1) is 46.5. The SMILES string of the molecule is O=S(=O)(OI(c1ccc(Sc2ccc(S(OS(=O)(=O)c3c(F)c(F)c(F)c(F)c3F)(c3ccccc3)c3ccccc3)cc2)cc1)c1ccc(Sc2ccc(S(OS(=O)(=O)c3c(F)c(F)c(F)c(F)c3F)(c3ccccc3)c3ccccc3)cc2)cc1)c1c(F)c(F)c(F)c(F)c1F. The van der Waals surface area contributed by atoms with Gasteiger partial charge in [0.05, 0.1) is 0 Å². The Kier molecular flexibility index (Phi) is 20.8. The van der Waals surface area contributed by atoms with E-state index in [4.69, 9.17) is 9.77 Å². The maximum atomic E-state index is 15.3. The zero-order chi connectivity index (χ0) is 70.4. The summed E-state index contributed by atoms with van der Waals surface area (Å²) in [6.07, 6.45) is 0. The van der Waals surface area contributed by atoms with Crippen molar-refractivity contribution in [3.8, 4) is 0 Å². The van der Waals surface area contributed by atoms with Gasteiger partial charge >= 0.3 is 371 Å². The van der Waals surface area contributed by atoms with E-state index in [1.165, 1.54) is 194 Å². The summed E-state index contributed by atoms with van der Waals surface area (Å²) in [5.74, 6) is -39.4. The third-order valence-corrected chi connectivity index (χ3v) is 33.7. The second-order valence-electron chi connectivity index (χ2n) is 19.9. The van der Waals surface area contributed by atoms with Crippen LogP contribution in [0, 0.1) is 94.4 Å². The molecule has 0 aliphatic rings. The Hall–Kier alpha value is -7.77. The Morgan fingerprint density at radius 1 is 0.235 bits per heavy atom. The van der Waals surface area contributed by atoms with E-state index in [-0.39, 0.29) is 36.5 Å². The molecular weight excluding hydrogens is 1570 g/mol. The zero-order valence-electron chi connectivity index (χ0n) is 48.4. The van der Waals surface area contributed by atoms with Gasteiger partial charge in [0.1, 0.15) is 0 Å².